The number of benzene rings is 1. The van der Waals surface area contributed by atoms with Gasteiger partial charge in [-0.05, 0) is 19.8 Å². The van der Waals surface area contributed by atoms with Crippen molar-refractivity contribution in [2.75, 3.05) is 0 Å². The molecule has 4 nitrogen and oxygen atoms in total. The molecule has 0 unspecified atom stereocenters. The van der Waals surface area contributed by atoms with Crippen LogP contribution in [0.3, 0.4) is 0 Å². The molecule has 114 valence electrons. The maximum Gasteiger partial charge on any atom is 0.321 e. The third-order valence-corrected chi connectivity index (χ3v) is 4.10. The Morgan fingerprint density at radius 3 is 2.38 bits per heavy atom. The average molecular weight is 289 g/mol. The molecule has 0 radical (unpaired) electrons. The highest BCUT2D eigenvalue weighted by Crippen LogP contribution is 2.18. The third-order valence-electron chi connectivity index (χ3n) is 4.10. The van der Waals surface area contributed by atoms with Crippen molar-refractivity contribution in [1.82, 2.24) is 5.32 Å². The fraction of sp³-hybridized carbons (Fsp3) is 0.529. The van der Waals surface area contributed by atoms with Gasteiger partial charge in [0.2, 0.25) is 0 Å². The topological polar surface area (TPSA) is 66.4 Å². The van der Waals surface area contributed by atoms with E-state index in [0.717, 1.165) is 31.2 Å². The molecule has 2 rings (SSSR count). The number of ketones is 1. The highest BCUT2D eigenvalue weighted by molar-refractivity contribution is 5.98. The Labute approximate surface area is 125 Å². The summed E-state index contributed by atoms with van der Waals surface area (Å²) in [6, 6.07) is 6.70. The molecule has 0 heterocycles. The Morgan fingerprint density at radius 2 is 1.81 bits per heavy atom. The lowest BCUT2D eigenvalue weighted by molar-refractivity contribution is -0.139. The Bertz CT molecular complexity index is 489. The predicted molar refractivity (Wildman–Crippen MR) is 81.6 cm³/mol. The first-order valence-electron chi connectivity index (χ1n) is 7.65. The zero-order valence-corrected chi connectivity index (χ0v) is 12.5. The van der Waals surface area contributed by atoms with E-state index in [1.807, 2.05) is 19.1 Å². The summed E-state index contributed by atoms with van der Waals surface area (Å²) in [7, 11) is 0. The smallest absolute Gasteiger partial charge is 0.321 e. The molecule has 0 aliphatic heterocycles. The molecule has 1 aliphatic carbocycles. The highest BCUT2D eigenvalue weighted by Gasteiger charge is 2.25. The molecular weight excluding hydrogens is 266 g/mol. The summed E-state index contributed by atoms with van der Waals surface area (Å²) in [6.45, 7) is 1.96. The van der Waals surface area contributed by atoms with Crippen LogP contribution in [0.2, 0.25) is 0 Å². The first kappa shape index (κ1) is 15.7. The van der Waals surface area contributed by atoms with Gasteiger partial charge in [0, 0.05) is 18.0 Å². The quantitative estimate of drug-likeness (QED) is 0.790. The van der Waals surface area contributed by atoms with E-state index in [2.05, 4.69) is 5.32 Å². The monoisotopic (exact) mass is 289 g/mol. The van der Waals surface area contributed by atoms with Crippen molar-refractivity contribution < 1.29 is 14.7 Å². The zero-order chi connectivity index (χ0) is 15.2. The van der Waals surface area contributed by atoms with Crippen molar-refractivity contribution in [3.05, 3.63) is 35.4 Å². The van der Waals surface area contributed by atoms with Crippen LogP contribution in [0, 0.1) is 6.92 Å². The van der Waals surface area contributed by atoms with E-state index < -0.39 is 12.0 Å². The van der Waals surface area contributed by atoms with Gasteiger partial charge in [0.1, 0.15) is 6.04 Å². The van der Waals surface area contributed by atoms with Gasteiger partial charge in [-0.3, -0.25) is 9.59 Å². The number of aliphatic carboxylic acids is 1. The van der Waals surface area contributed by atoms with Gasteiger partial charge in [-0.25, -0.2) is 0 Å². The number of hydrogen-bond donors (Lipinski definition) is 2. The van der Waals surface area contributed by atoms with Crippen LogP contribution in [0.15, 0.2) is 24.3 Å². The zero-order valence-electron chi connectivity index (χ0n) is 12.5. The van der Waals surface area contributed by atoms with Crippen LogP contribution < -0.4 is 5.32 Å². The molecule has 0 amide bonds. The number of carboxylic acid groups (broad SMARTS) is 1. The number of carboxylic acids is 1. The van der Waals surface area contributed by atoms with Gasteiger partial charge < -0.3 is 10.4 Å². The molecule has 2 N–H and O–H groups in total. The number of rotatable bonds is 6. The minimum Gasteiger partial charge on any atom is -0.480 e. The summed E-state index contributed by atoms with van der Waals surface area (Å²) in [5.41, 5.74) is 1.67. The number of carbonyl (C=O) groups excluding carboxylic acids is 1. The van der Waals surface area contributed by atoms with Crippen molar-refractivity contribution in [2.24, 2.45) is 0 Å². The lowest BCUT2D eigenvalue weighted by Crippen LogP contribution is -2.45. The summed E-state index contributed by atoms with van der Waals surface area (Å²) in [6.07, 6.45) is 5.50. The Morgan fingerprint density at radius 1 is 1.19 bits per heavy atom. The lowest BCUT2D eigenvalue weighted by Gasteiger charge is -2.26. The Kier molecular flexibility index (Phi) is 5.51. The molecule has 1 aliphatic rings. The third kappa shape index (κ3) is 4.67. The molecular formula is C17H23NO3. The second-order valence-corrected chi connectivity index (χ2v) is 5.89. The molecule has 1 saturated carbocycles. The van der Waals surface area contributed by atoms with E-state index in [1.165, 1.54) is 6.42 Å². The second-order valence-electron chi connectivity index (χ2n) is 5.89. The molecule has 0 saturated heterocycles. The largest absolute Gasteiger partial charge is 0.480 e. The summed E-state index contributed by atoms with van der Waals surface area (Å²) in [5.74, 6) is -1.06. The molecule has 0 bridgehead atoms. The van der Waals surface area contributed by atoms with Crippen molar-refractivity contribution in [2.45, 2.75) is 57.5 Å². The van der Waals surface area contributed by atoms with E-state index in [4.69, 9.17) is 0 Å². The van der Waals surface area contributed by atoms with E-state index in [0.29, 0.717) is 5.56 Å². The van der Waals surface area contributed by atoms with Crippen molar-refractivity contribution in [3.8, 4) is 0 Å². The van der Waals surface area contributed by atoms with Crippen molar-refractivity contribution >= 4 is 11.8 Å². The number of nitrogens with one attached hydrogen (secondary N) is 1. The molecule has 1 aromatic carbocycles. The van der Waals surface area contributed by atoms with Gasteiger partial charge in [0.15, 0.2) is 5.78 Å². The predicted octanol–water partition coefficient (Wildman–Crippen LogP) is 2.94. The Hall–Kier alpha value is -1.68. The molecule has 21 heavy (non-hydrogen) atoms. The van der Waals surface area contributed by atoms with Crippen LogP contribution in [0.4, 0.5) is 0 Å². The summed E-state index contributed by atoms with van der Waals surface area (Å²) >= 11 is 0. The fourth-order valence-electron chi connectivity index (χ4n) is 2.81. The molecule has 0 spiro atoms. The van der Waals surface area contributed by atoms with E-state index in [1.54, 1.807) is 12.1 Å². The van der Waals surface area contributed by atoms with Gasteiger partial charge >= 0.3 is 5.97 Å². The maximum absolute atomic E-state index is 12.2. The van der Waals surface area contributed by atoms with Crippen molar-refractivity contribution in [3.63, 3.8) is 0 Å². The lowest BCUT2D eigenvalue weighted by atomic mass is 9.94. The first-order chi connectivity index (χ1) is 10.1. The standard InChI is InChI=1S/C17H23NO3/c1-12-7-9-13(10-8-12)16(19)11-15(17(20)21)18-14-5-3-2-4-6-14/h7-10,14-15,18H,2-6,11H2,1H3,(H,20,21)/t15-/m1/s1. The highest BCUT2D eigenvalue weighted by atomic mass is 16.4. The van der Waals surface area contributed by atoms with E-state index >= 15 is 0 Å². The number of Topliss-reactive ketones (excluding diaryl/α,β-unsaturated/α-hetero) is 1. The van der Waals surface area contributed by atoms with Crippen LogP contribution >= 0.6 is 0 Å². The summed E-state index contributed by atoms with van der Waals surface area (Å²) < 4.78 is 0. The van der Waals surface area contributed by atoms with Crippen LogP contribution in [0.25, 0.3) is 0 Å². The van der Waals surface area contributed by atoms with Crippen LogP contribution in [0.1, 0.15) is 54.4 Å². The number of aryl methyl sites for hydroxylation is 1. The normalized spacial score (nSPS) is 17.4. The van der Waals surface area contributed by atoms with Crippen LogP contribution in [-0.4, -0.2) is 28.9 Å². The molecule has 4 heteroatoms. The molecule has 1 fully saturated rings. The molecule has 0 aromatic heterocycles. The molecule has 1 aromatic rings. The second kappa shape index (κ2) is 7.36. The fourth-order valence-corrected chi connectivity index (χ4v) is 2.81. The van der Waals surface area contributed by atoms with Gasteiger partial charge in [-0.15, -0.1) is 0 Å². The van der Waals surface area contributed by atoms with Gasteiger partial charge in [0.05, 0.1) is 0 Å². The van der Waals surface area contributed by atoms with E-state index in [9.17, 15) is 14.7 Å². The minimum atomic E-state index is -0.943. The van der Waals surface area contributed by atoms with Gasteiger partial charge in [0.25, 0.3) is 0 Å². The van der Waals surface area contributed by atoms with Gasteiger partial charge in [-0.2, -0.15) is 0 Å². The minimum absolute atomic E-state index is 0.00882. The van der Waals surface area contributed by atoms with Gasteiger partial charge in [-0.1, -0.05) is 49.1 Å². The number of carbonyl (C=O) groups is 2. The number of hydrogen-bond acceptors (Lipinski definition) is 3. The maximum atomic E-state index is 12.2. The average Bonchev–Trinajstić information content (AvgIpc) is 2.48. The summed E-state index contributed by atoms with van der Waals surface area (Å²) in [5, 5.41) is 12.5. The first-order valence-corrected chi connectivity index (χ1v) is 7.65. The summed E-state index contributed by atoms with van der Waals surface area (Å²) in [4.78, 5) is 23.6. The van der Waals surface area contributed by atoms with Crippen molar-refractivity contribution in [1.29, 1.82) is 0 Å². The van der Waals surface area contributed by atoms with Crippen LogP contribution in [0.5, 0.6) is 0 Å². The molecule has 1 atom stereocenters. The Balaban J connectivity index is 1.96. The van der Waals surface area contributed by atoms with Crippen LogP contribution in [-0.2, 0) is 4.79 Å². The SMILES string of the molecule is Cc1ccc(C(=O)C[C@@H](NC2CCCCC2)C(=O)O)cc1. The van der Waals surface area contributed by atoms with E-state index in [-0.39, 0.29) is 18.2 Å².